The molecule has 0 bridgehead atoms. The number of hydrogen-bond acceptors (Lipinski definition) is 3. The van der Waals surface area contributed by atoms with Crippen LogP contribution in [0.15, 0.2) is 0 Å². The molecule has 4 atom stereocenters. The SMILES string of the molecule is CC(C)C(=O)C1CCC2C(CCCC2B(O)O)C1. The second kappa shape index (κ2) is 5.75. The van der Waals surface area contributed by atoms with Gasteiger partial charge in [0.2, 0.25) is 0 Å². The van der Waals surface area contributed by atoms with Crippen LogP contribution in [0.2, 0.25) is 5.82 Å². The predicted octanol–water partition coefficient (Wildman–Crippen LogP) is 2.27. The van der Waals surface area contributed by atoms with Crippen LogP contribution in [0, 0.1) is 23.7 Å². The van der Waals surface area contributed by atoms with Crippen molar-refractivity contribution in [2.75, 3.05) is 0 Å². The minimum absolute atomic E-state index is 0.0406. The number of carbonyl (C=O) groups is 1. The zero-order chi connectivity index (χ0) is 13.3. The van der Waals surface area contributed by atoms with Crippen molar-refractivity contribution in [2.24, 2.45) is 23.7 Å². The fraction of sp³-hybridized carbons (Fsp3) is 0.929. The summed E-state index contributed by atoms with van der Waals surface area (Å²) in [5.74, 6) is 1.76. The maximum atomic E-state index is 12.1. The summed E-state index contributed by atoms with van der Waals surface area (Å²) in [6.45, 7) is 3.96. The van der Waals surface area contributed by atoms with E-state index in [9.17, 15) is 14.8 Å². The third-order valence-electron chi connectivity index (χ3n) is 5.06. The van der Waals surface area contributed by atoms with E-state index >= 15 is 0 Å². The van der Waals surface area contributed by atoms with Crippen LogP contribution in [-0.2, 0) is 4.79 Å². The Morgan fingerprint density at radius 3 is 2.50 bits per heavy atom. The molecule has 2 saturated carbocycles. The normalized spacial score (nSPS) is 36.3. The van der Waals surface area contributed by atoms with E-state index in [0.717, 1.165) is 38.5 Å². The maximum absolute atomic E-state index is 12.1. The lowest BCUT2D eigenvalue weighted by molar-refractivity contribution is -0.128. The van der Waals surface area contributed by atoms with Crippen molar-refractivity contribution < 1.29 is 14.8 Å². The largest absolute Gasteiger partial charge is 0.455 e. The summed E-state index contributed by atoms with van der Waals surface area (Å²) in [7, 11) is -1.17. The molecule has 0 heterocycles. The molecule has 0 radical (unpaired) electrons. The van der Waals surface area contributed by atoms with Crippen LogP contribution in [0.5, 0.6) is 0 Å². The molecule has 3 nitrogen and oxygen atoms in total. The van der Waals surface area contributed by atoms with Crippen molar-refractivity contribution in [3.05, 3.63) is 0 Å². The van der Waals surface area contributed by atoms with Gasteiger partial charge >= 0.3 is 7.12 Å². The molecule has 4 heteroatoms. The van der Waals surface area contributed by atoms with Gasteiger partial charge in [-0.05, 0) is 36.9 Å². The molecular weight excluding hydrogens is 227 g/mol. The summed E-state index contributed by atoms with van der Waals surface area (Å²) in [6, 6.07) is 0. The second-order valence-electron chi connectivity index (χ2n) is 6.50. The molecule has 0 spiro atoms. The highest BCUT2D eigenvalue weighted by atomic mass is 16.4. The number of carbonyl (C=O) groups excluding carboxylic acids is 1. The number of Topliss-reactive ketones (excluding diaryl/α,β-unsaturated/α-hetero) is 1. The topological polar surface area (TPSA) is 57.5 Å². The Kier molecular flexibility index (Phi) is 4.49. The van der Waals surface area contributed by atoms with Crippen molar-refractivity contribution >= 4 is 12.9 Å². The van der Waals surface area contributed by atoms with E-state index in [2.05, 4.69) is 0 Å². The molecule has 2 aliphatic carbocycles. The van der Waals surface area contributed by atoms with Crippen molar-refractivity contribution in [1.82, 2.24) is 0 Å². The van der Waals surface area contributed by atoms with Crippen molar-refractivity contribution in [1.29, 1.82) is 0 Å². The lowest BCUT2D eigenvalue weighted by Crippen LogP contribution is -2.40. The third kappa shape index (κ3) is 2.80. The molecule has 0 aromatic rings. The van der Waals surface area contributed by atoms with Gasteiger partial charge in [-0.25, -0.2) is 0 Å². The standard InChI is InChI=1S/C14H25BO3/c1-9(2)14(16)11-6-7-12-10(8-11)4-3-5-13(12)15(17)18/h9-13,17-18H,3-8H2,1-2H3. The molecule has 4 unspecified atom stereocenters. The minimum Gasteiger partial charge on any atom is -0.427 e. The van der Waals surface area contributed by atoms with Crippen LogP contribution >= 0.6 is 0 Å². The number of rotatable bonds is 3. The fourth-order valence-electron chi connectivity index (χ4n) is 4.11. The summed E-state index contributed by atoms with van der Waals surface area (Å²) in [4.78, 5) is 12.1. The molecule has 0 saturated heterocycles. The van der Waals surface area contributed by atoms with Gasteiger partial charge in [0.15, 0.2) is 0 Å². The van der Waals surface area contributed by atoms with E-state index in [1.54, 1.807) is 0 Å². The smallest absolute Gasteiger partial charge is 0.427 e. The molecule has 0 aromatic heterocycles. The van der Waals surface area contributed by atoms with Gasteiger partial charge in [-0.3, -0.25) is 4.79 Å². The molecule has 102 valence electrons. The lowest BCUT2D eigenvalue weighted by Gasteiger charge is -2.43. The van der Waals surface area contributed by atoms with Gasteiger partial charge in [0, 0.05) is 11.8 Å². The van der Waals surface area contributed by atoms with Gasteiger partial charge in [-0.1, -0.05) is 33.1 Å². The molecule has 0 aromatic carbocycles. The van der Waals surface area contributed by atoms with Gasteiger partial charge in [0.05, 0.1) is 0 Å². The van der Waals surface area contributed by atoms with Crippen LogP contribution < -0.4 is 0 Å². The number of fused-ring (bicyclic) bond motifs is 1. The van der Waals surface area contributed by atoms with E-state index in [1.165, 1.54) is 0 Å². The van der Waals surface area contributed by atoms with E-state index in [1.807, 2.05) is 13.8 Å². The third-order valence-corrected chi connectivity index (χ3v) is 5.06. The fourth-order valence-corrected chi connectivity index (χ4v) is 4.11. The second-order valence-corrected chi connectivity index (χ2v) is 6.50. The van der Waals surface area contributed by atoms with Crippen LogP contribution in [0.3, 0.4) is 0 Å². The Labute approximate surface area is 110 Å². The first-order chi connectivity index (χ1) is 8.50. The average molecular weight is 252 g/mol. The summed E-state index contributed by atoms with van der Waals surface area (Å²) in [5, 5.41) is 18.9. The highest BCUT2D eigenvalue weighted by Crippen LogP contribution is 2.49. The monoisotopic (exact) mass is 252 g/mol. The van der Waals surface area contributed by atoms with Gasteiger partial charge in [-0.15, -0.1) is 0 Å². The quantitative estimate of drug-likeness (QED) is 0.757. The summed E-state index contributed by atoms with van der Waals surface area (Å²) >= 11 is 0. The maximum Gasteiger partial charge on any atom is 0.455 e. The van der Waals surface area contributed by atoms with Crippen molar-refractivity contribution in [3.8, 4) is 0 Å². The average Bonchev–Trinajstić information content (AvgIpc) is 2.36. The van der Waals surface area contributed by atoms with Gasteiger partial charge in [0.25, 0.3) is 0 Å². The van der Waals surface area contributed by atoms with Gasteiger partial charge in [0.1, 0.15) is 5.78 Å². The Morgan fingerprint density at radius 2 is 1.89 bits per heavy atom. The van der Waals surface area contributed by atoms with Crippen LogP contribution in [0.1, 0.15) is 52.4 Å². The first kappa shape index (κ1) is 14.1. The zero-order valence-corrected chi connectivity index (χ0v) is 11.5. The van der Waals surface area contributed by atoms with Crippen molar-refractivity contribution in [3.63, 3.8) is 0 Å². The van der Waals surface area contributed by atoms with Crippen molar-refractivity contribution in [2.45, 2.75) is 58.2 Å². The van der Waals surface area contributed by atoms with E-state index < -0.39 is 7.12 Å². The molecule has 2 rings (SSSR count). The molecule has 0 aliphatic heterocycles. The Morgan fingerprint density at radius 1 is 1.17 bits per heavy atom. The molecule has 2 aliphatic rings. The molecule has 18 heavy (non-hydrogen) atoms. The van der Waals surface area contributed by atoms with Gasteiger partial charge < -0.3 is 10.0 Å². The van der Waals surface area contributed by atoms with E-state index in [0.29, 0.717) is 17.6 Å². The lowest BCUT2D eigenvalue weighted by atomic mass is 9.52. The number of ketones is 1. The highest BCUT2D eigenvalue weighted by Gasteiger charge is 2.43. The molecule has 0 amide bonds. The number of hydrogen-bond donors (Lipinski definition) is 2. The molecule has 2 N–H and O–H groups in total. The summed E-state index contributed by atoms with van der Waals surface area (Å²) in [5.41, 5.74) is 0. The Balaban J connectivity index is 2.00. The van der Waals surface area contributed by atoms with Crippen LogP contribution in [-0.4, -0.2) is 22.9 Å². The molecular formula is C14H25BO3. The van der Waals surface area contributed by atoms with Gasteiger partial charge in [-0.2, -0.15) is 0 Å². The summed E-state index contributed by atoms with van der Waals surface area (Å²) in [6.07, 6.45) is 6.09. The Hall–Kier alpha value is -0.345. The predicted molar refractivity (Wildman–Crippen MR) is 72.0 cm³/mol. The van der Waals surface area contributed by atoms with E-state index in [-0.39, 0.29) is 17.7 Å². The van der Waals surface area contributed by atoms with Crippen LogP contribution in [0.4, 0.5) is 0 Å². The first-order valence-electron chi connectivity index (χ1n) is 7.40. The summed E-state index contributed by atoms with van der Waals surface area (Å²) < 4.78 is 0. The van der Waals surface area contributed by atoms with E-state index in [4.69, 9.17) is 0 Å². The Bertz CT molecular complexity index is 303. The zero-order valence-electron chi connectivity index (χ0n) is 11.5. The molecule has 2 fully saturated rings. The highest BCUT2D eigenvalue weighted by molar-refractivity contribution is 6.43. The van der Waals surface area contributed by atoms with Crippen LogP contribution in [0.25, 0.3) is 0 Å². The first-order valence-corrected chi connectivity index (χ1v) is 7.40. The minimum atomic E-state index is -1.17.